The zero-order valence-electron chi connectivity index (χ0n) is 22.7. The zero-order valence-corrected chi connectivity index (χ0v) is 24.3. The Morgan fingerprint density at radius 1 is 1.00 bits per heavy atom. The van der Waals surface area contributed by atoms with Crippen molar-refractivity contribution >= 4 is 31.7 Å². The van der Waals surface area contributed by atoms with Crippen LogP contribution in [0.15, 0.2) is 30.3 Å². The second-order valence-electron chi connectivity index (χ2n) is 10.3. The fraction of sp³-hybridized carbons (Fsp3) is 0.667. The van der Waals surface area contributed by atoms with Crippen molar-refractivity contribution in [2.24, 2.45) is 5.92 Å². The standard InChI is InChI=1S/C24H42N4O7S2/c1-17(2)15-28(37(7,34)35)16-20(29)19(13-18-11-9-8-10-12-18)26-23(31)22(27-21(30)14-25-5)24(3,4)36(6,32)33/h8-12,17,19-20,22,25,29H,13-16H2,1-7H3,(H,26,31)(H,27,30)/t19-,20?,22?/m0/s1. The minimum atomic E-state index is -3.82. The molecule has 4 N–H and O–H groups in total. The van der Waals surface area contributed by atoms with Gasteiger partial charge in [-0.1, -0.05) is 44.2 Å². The number of rotatable bonds is 15. The molecule has 1 rings (SSSR count). The van der Waals surface area contributed by atoms with Gasteiger partial charge in [0.05, 0.1) is 29.7 Å². The summed E-state index contributed by atoms with van der Waals surface area (Å²) in [4.78, 5) is 25.8. The number of carbonyl (C=O) groups excluding carboxylic acids is 2. The van der Waals surface area contributed by atoms with Crippen LogP contribution >= 0.6 is 0 Å². The molecule has 0 fully saturated rings. The van der Waals surface area contributed by atoms with Gasteiger partial charge in [0, 0.05) is 19.3 Å². The third kappa shape index (κ3) is 10.3. The second-order valence-corrected chi connectivity index (χ2v) is 14.8. The number of hydrogen-bond donors (Lipinski definition) is 4. The summed E-state index contributed by atoms with van der Waals surface area (Å²) in [6, 6.07) is 6.51. The Bertz CT molecular complexity index is 1110. The minimum Gasteiger partial charge on any atom is -0.390 e. The largest absolute Gasteiger partial charge is 0.390 e. The lowest BCUT2D eigenvalue weighted by Gasteiger charge is -2.35. The Balaban J connectivity index is 3.38. The first-order valence-electron chi connectivity index (χ1n) is 12.0. The second kappa shape index (κ2) is 13.7. The molecular weight excluding hydrogens is 520 g/mol. The van der Waals surface area contributed by atoms with Crippen LogP contribution in [0.4, 0.5) is 0 Å². The lowest BCUT2D eigenvalue weighted by molar-refractivity contribution is -0.130. The molecule has 0 spiro atoms. The van der Waals surface area contributed by atoms with Gasteiger partial charge >= 0.3 is 0 Å². The van der Waals surface area contributed by atoms with Crippen LogP contribution in [0.1, 0.15) is 33.3 Å². The fourth-order valence-electron chi connectivity index (χ4n) is 3.65. The smallest absolute Gasteiger partial charge is 0.244 e. The molecule has 0 bridgehead atoms. The average Bonchev–Trinajstić information content (AvgIpc) is 2.75. The van der Waals surface area contributed by atoms with Gasteiger partial charge in [0.25, 0.3) is 0 Å². The maximum Gasteiger partial charge on any atom is 0.244 e. The Morgan fingerprint density at radius 3 is 2.03 bits per heavy atom. The number of aliphatic hydroxyl groups is 1. The van der Waals surface area contributed by atoms with E-state index in [0.717, 1.165) is 22.4 Å². The molecule has 37 heavy (non-hydrogen) atoms. The topological polar surface area (TPSA) is 162 Å². The molecule has 0 saturated carbocycles. The first kappa shape index (κ1) is 33.0. The Labute approximate surface area is 221 Å². The van der Waals surface area contributed by atoms with E-state index in [1.807, 2.05) is 19.9 Å². The van der Waals surface area contributed by atoms with Crippen LogP contribution in [0, 0.1) is 5.92 Å². The van der Waals surface area contributed by atoms with E-state index >= 15 is 0 Å². The summed E-state index contributed by atoms with van der Waals surface area (Å²) in [5, 5.41) is 19.0. The number of likely N-dealkylation sites (N-methyl/N-ethyl adjacent to an activating group) is 1. The third-order valence-corrected chi connectivity index (χ3v) is 9.46. The molecule has 3 atom stereocenters. The van der Waals surface area contributed by atoms with Gasteiger partial charge in [-0.3, -0.25) is 9.59 Å². The van der Waals surface area contributed by atoms with Crippen LogP contribution in [0.2, 0.25) is 0 Å². The molecular formula is C24H42N4O7S2. The van der Waals surface area contributed by atoms with Gasteiger partial charge in [-0.2, -0.15) is 4.31 Å². The van der Waals surface area contributed by atoms with Crippen molar-refractivity contribution in [3.63, 3.8) is 0 Å². The molecule has 1 aromatic rings. The molecule has 2 amide bonds. The summed E-state index contributed by atoms with van der Waals surface area (Å²) in [6.45, 7) is 6.12. The first-order chi connectivity index (χ1) is 16.9. The Morgan fingerprint density at radius 2 is 1.57 bits per heavy atom. The highest BCUT2D eigenvalue weighted by Crippen LogP contribution is 2.21. The summed E-state index contributed by atoms with van der Waals surface area (Å²) in [5.41, 5.74) is 0.764. The maximum atomic E-state index is 13.5. The number of aliphatic hydroxyl groups excluding tert-OH is 1. The Kier molecular flexibility index (Phi) is 12.2. The summed E-state index contributed by atoms with van der Waals surface area (Å²) in [5.74, 6) is -1.40. The number of carbonyl (C=O) groups is 2. The molecule has 13 heteroatoms. The third-order valence-electron chi connectivity index (χ3n) is 6.07. The van der Waals surface area contributed by atoms with Crippen LogP contribution in [0.5, 0.6) is 0 Å². The van der Waals surface area contributed by atoms with E-state index < -0.39 is 54.6 Å². The van der Waals surface area contributed by atoms with Gasteiger partial charge in [-0.25, -0.2) is 16.8 Å². The van der Waals surface area contributed by atoms with E-state index in [1.54, 1.807) is 24.3 Å². The van der Waals surface area contributed by atoms with Crippen molar-refractivity contribution in [3.05, 3.63) is 35.9 Å². The molecule has 212 valence electrons. The highest BCUT2D eigenvalue weighted by Gasteiger charge is 2.45. The van der Waals surface area contributed by atoms with Crippen LogP contribution in [-0.2, 0) is 35.9 Å². The van der Waals surface area contributed by atoms with Gasteiger partial charge in [0.1, 0.15) is 6.04 Å². The van der Waals surface area contributed by atoms with Crippen molar-refractivity contribution < 1.29 is 31.5 Å². The number of sulfone groups is 1. The highest BCUT2D eigenvalue weighted by molar-refractivity contribution is 7.92. The van der Waals surface area contributed by atoms with Crippen LogP contribution in [-0.4, -0.2) is 100 Å². The number of nitrogens with one attached hydrogen (secondary N) is 3. The Hall–Kier alpha value is -2.06. The maximum absolute atomic E-state index is 13.5. The van der Waals surface area contributed by atoms with Gasteiger partial charge in [0.15, 0.2) is 9.84 Å². The monoisotopic (exact) mass is 562 g/mol. The van der Waals surface area contributed by atoms with E-state index in [9.17, 15) is 31.5 Å². The summed E-state index contributed by atoms with van der Waals surface area (Å²) >= 11 is 0. The van der Waals surface area contributed by atoms with Gasteiger partial charge in [0.2, 0.25) is 21.8 Å². The van der Waals surface area contributed by atoms with Crippen molar-refractivity contribution in [1.29, 1.82) is 0 Å². The molecule has 0 aliphatic rings. The van der Waals surface area contributed by atoms with E-state index in [0.29, 0.717) is 0 Å². The molecule has 0 aliphatic carbocycles. The van der Waals surface area contributed by atoms with Crippen molar-refractivity contribution in [1.82, 2.24) is 20.3 Å². The van der Waals surface area contributed by atoms with Crippen molar-refractivity contribution in [2.45, 2.75) is 57.1 Å². The van der Waals surface area contributed by atoms with Gasteiger partial charge < -0.3 is 21.1 Å². The van der Waals surface area contributed by atoms with Gasteiger partial charge in [-0.05, 0) is 38.8 Å². The molecule has 0 saturated heterocycles. The minimum absolute atomic E-state index is 0.00795. The molecule has 11 nitrogen and oxygen atoms in total. The zero-order chi connectivity index (χ0) is 28.6. The number of benzene rings is 1. The highest BCUT2D eigenvalue weighted by atomic mass is 32.2. The summed E-state index contributed by atoms with van der Waals surface area (Å²) in [7, 11) is -5.94. The lowest BCUT2D eigenvalue weighted by Crippen LogP contribution is -2.63. The molecule has 2 unspecified atom stereocenters. The number of amides is 2. The first-order valence-corrected chi connectivity index (χ1v) is 15.7. The van der Waals surface area contributed by atoms with Crippen LogP contribution < -0.4 is 16.0 Å². The van der Waals surface area contributed by atoms with E-state index in [-0.39, 0.29) is 32.0 Å². The van der Waals surface area contributed by atoms with Crippen molar-refractivity contribution in [3.8, 4) is 0 Å². The van der Waals surface area contributed by atoms with Gasteiger partial charge in [-0.15, -0.1) is 0 Å². The normalized spacial score (nSPS) is 15.3. The van der Waals surface area contributed by atoms with Crippen LogP contribution in [0.3, 0.4) is 0 Å². The average molecular weight is 563 g/mol. The van der Waals surface area contributed by atoms with Crippen LogP contribution in [0.25, 0.3) is 0 Å². The summed E-state index contributed by atoms with van der Waals surface area (Å²) in [6.07, 6.45) is 0.842. The quantitative estimate of drug-likeness (QED) is 0.223. The number of nitrogens with zero attached hydrogens (tertiary/aromatic N) is 1. The van der Waals surface area contributed by atoms with E-state index in [4.69, 9.17) is 0 Å². The van der Waals surface area contributed by atoms with Crippen molar-refractivity contribution in [2.75, 3.05) is 39.2 Å². The lowest BCUT2D eigenvalue weighted by atomic mass is 9.98. The molecule has 1 aromatic carbocycles. The molecule has 0 heterocycles. The summed E-state index contributed by atoms with van der Waals surface area (Å²) < 4.78 is 49.2. The predicted octanol–water partition coefficient (Wildman–Crippen LogP) is -0.480. The van der Waals surface area contributed by atoms with E-state index in [2.05, 4.69) is 16.0 Å². The molecule has 0 radical (unpaired) electrons. The molecule has 0 aromatic heterocycles. The number of sulfonamides is 1. The fourth-order valence-corrected chi connectivity index (χ4v) is 5.23. The molecule has 0 aliphatic heterocycles. The SMILES string of the molecule is CNCC(=O)NC(C(=O)N[C@@H](Cc1ccccc1)C(O)CN(CC(C)C)S(C)(=O)=O)C(C)(C)S(C)(=O)=O. The number of hydrogen-bond acceptors (Lipinski definition) is 8. The van der Waals surface area contributed by atoms with E-state index in [1.165, 1.54) is 20.9 Å². The predicted molar refractivity (Wildman–Crippen MR) is 144 cm³/mol.